The molecule has 0 aromatic carbocycles. The van der Waals surface area contributed by atoms with Crippen molar-refractivity contribution in [3.63, 3.8) is 0 Å². The van der Waals surface area contributed by atoms with Gasteiger partial charge in [0.25, 0.3) is 0 Å². The maximum Gasteiger partial charge on any atom is 0 e. The second-order valence-electron chi connectivity index (χ2n) is 7.25. The van der Waals surface area contributed by atoms with Crippen molar-refractivity contribution in [3.05, 3.63) is 59.2 Å². The average molecular weight is 679 g/mol. The van der Waals surface area contributed by atoms with Crippen LogP contribution in [0.25, 0.3) is 0 Å². The molecule has 2 aliphatic rings. The van der Waals surface area contributed by atoms with Crippen LogP contribution in [0.15, 0.2) is 0 Å². The summed E-state index contributed by atoms with van der Waals surface area (Å²) < 4.78 is 0. The number of hydrogen-bond acceptors (Lipinski definition) is 0. The third kappa shape index (κ3) is 13.8. The summed E-state index contributed by atoms with van der Waals surface area (Å²) in [5.41, 5.74) is 0. The maximum atomic E-state index is 2.20. The van der Waals surface area contributed by atoms with Gasteiger partial charge < -0.3 is 0 Å². The summed E-state index contributed by atoms with van der Waals surface area (Å²) in [5, 5.41) is 0. The normalized spacial score (nSPS) is 20.9. The molecule has 0 N–H and O–H groups in total. The van der Waals surface area contributed by atoms with Crippen LogP contribution >= 0.6 is 17.2 Å². The van der Waals surface area contributed by atoms with Crippen LogP contribution in [0.3, 0.4) is 0 Å². The first-order chi connectivity index (χ1) is 11.9. The largest absolute Gasteiger partial charge is 0.129 e. The Bertz CT molecular complexity index is 225. The molecule has 0 aliphatic heterocycles. The first kappa shape index (κ1) is 41.8. The first-order valence-corrected chi connectivity index (χ1v) is 13.5. The minimum Gasteiger partial charge on any atom is -0.129 e. The van der Waals surface area contributed by atoms with Crippen LogP contribution in [0.5, 0.6) is 0 Å². The Morgan fingerprint density at radius 1 is 0.310 bits per heavy atom. The zero-order valence-corrected chi connectivity index (χ0v) is 28.1. The van der Waals surface area contributed by atoms with E-state index in [2.05, 4.69) is 95.9 Å². The van der Waals surface area contributed by atoms with Crippen molar-refractivity contribution < 1.29 is 39.0 Å². The van der Waals surface area contributed by atoms with Gasteiger partial charge in [-0.2, -0.15) is 0 Å². The van der Waals surface area contributed by atoms with Gasteiger partial charge in [-0.3, -0.25) is 0 Å². The second kappa shape index (κ2) is 22.4. The molecule has 0 bridgehead atoms. The molecule has 0 unspecified atom stereocenters. The monoisotopic (exact) mass is 680 g/mol. The standard InChI is InChI=1S/2C10H15.2C2H7P.2Rh.Se/c2*1-6-7(2)9(4)10(5)8(6)3;2*1-3-2;;;/h2*1-5H3;2*3H,1-2H3;;;. The van der Waals surface area contributed by atoms with Gasteiger partial charge in [0.05, 0.1) is 0 Å². The van der Waals surface area contributed by atoms with Crippen LogP contribution in [-0.4, -0.2) is 43.7 Å². The van der Waals surface area contributed by atoms with E-state index in [0.29, 0.717) is 0 Å². The van der Waals surface area contributed by atoms with Crippen molar-refractivity contribution >= 4 is 34.2 Å². The van der Waals surface area contributed by atoms with Gasteiger partial charge in [0.1, 0.15) is 0 Å². The molecule has 174 valence electrons. The molecular formula is C24H44P2Rh2Se. The summed E-state index contributed by atoms with van der Waals surface area (Å²) in [4.78, 5) is 0. The Balaban J connectivity index is -0.0000000965. The fraction of sp³-hybridized carbons (Fsp3) is 0.583. The molecule has 0 aromatic rings. The van der Waals surface area contributed by atoms with Gasteiger partial charge in [-0.15, -0.1) is 17.2 Å². The molecule has 0 nitrogen and oxygen atoms in total. The fourth-order valence-corrected chi connectivity index (χ4v) is 2.81. The molecule has 0 aromatic heterocycles. The van der Waals surface area contributed by atoms with Gasteiger partial charge >= 0.3 is 0 Å². The Morgan fingerprint density at radius 3 is 0.379 bits per heavy atom. The summed E-state index contributed by atoms with van der Waals surface area (Å²) in [7, 11) is 2.17. The van der Waals surface area contributed by atoms with Crippen molar-refractivity contribution in [2.24, 2.45) is 0 Å². The average Bonchev–Trinajstić information content (AvgIpc) is 2.87. The van der Waals surface area contributed by atoms with E-state index in [1.54, 1.807) is 0 Å². The Morgan fingerprint density at radius 2 is 0.345 bits per heavy atom. The van der Waals surface area contributed by atoms with Gasteiger partial charge in [0.15, 0.2) is 0 Å². The number of hydrogen-bond donors (Lipinski definition) is 0. The smallest absolute Gasteiger partial charge is 0 e. The first-order valence-electron chi connectivity index (χ1n) is 9.50. The van der Waals surface area contributed by atoms with E-state index in [1.807, 2.05) is 0 Å². The summed E-state index contributed by atoms with van der Waals surface area (Å²) in [5.74, 6) is 14.7. The number of rotatable bonds is 0. The molecular weight excluding hydrogens is 635 g/mol. The molecule has 2 rings (SSSR count). The summed E-state index contributed by atoms with van der Waals surface area (Å²) in [6, 6.07) is 0. The van der Waals surface area contributed by atoms with Crippen molar-refractivity contribution in [1.82, 2.24) is 0 Å². The summed E-state index contributed by atoms with van der Waals surface area (Å²) in [6.07, 6.45) is 0. The van der Waals surface area contributed by atoms with Gasteiger partial charge in [-0.1, -0.05) is 69.2 Å². The molecule has 2 fully saturated rings. The predicted molar refractivity (Wildman–Crippen MR) is 135 cm³/mol. The quantitative estimate of drug-likeness (QED) is 0.185. The minimum absolute atomic E-state index is 0. The second-order valence-corrected chi connectivity index (χ2v) is 9.25. The Kier molecular flexibility index (Phi) is 32.3. The topological polar surface area (TPSA) is 0 Å². The Hall–Kier alpha value is 2.63. The van der Waals surface area contributed by atoms with Crippen LogP contribution in [-0.2, 0) is 39.0 Å². The van der Waals surface area contributed by atoms with Crippen LogP contribution in [0.1, 0.15) is 69.2 Å². The third-order valence-electron chi connectivity index (χ3n) is 5.62. The van der Waals surface area contributed by atoms with E-state index in [1.165, 1.54) is 59.2 Å². The van der Waals surface area contributed by atoms with Gasteiger partial charge in [-0.25, -0.2) is 0 Å². The van der Waals surface area contributed by atoms with Crippen LogP contribution in [0.4, 0.5) is 0 Å². The molecule has 5 heteroatoms. The van der Waals surface area contributed by atoms with Gasteiger partial charge in [0.2, 0.25) is 0 Å². The summed E-state index contributed by atoms with van der Waals surface area (Å²) >= 11 is 0. The minimum atomic E-state index is 0. The van der Waals surface area contributed by atoms with E-state index in [9.17, 15) is 0 Å². The molecule has 2 aliphatic carbocycles. The molecule has 0 saturated heterocycles. The van der Waals surface area contributed by atoms with Crippen molar-refractivity contribution in [3.8, 4) is 0 Å². The SMILES string of the molecule is CPC.CPC.C[C]1[C](C)[C](C)[C](C)[C]1C.C[C]1[C](C)[C](C)[C](C)[C]1C.[Rh].[Rh].[Se]. The molecule has 0 atom stereocenters. The van der Waals surface area contributed by atoms with E-state index < -0.39 is 0 Å². The molecule has 14 radical (unpaired) electrons. The molecule has 0 amide bonds. The maximum absolute atomic E-state index is 2.20. The molecule has 2 saturated carbocycles. The Labute approximate surface area is 226 Å². The van der Waals surface area contributed by atoms with E-state index in [0.717, 1.165) is 17.2 Å². The van der Waals surface area contributed by atoms with Crippen LogP contribution in [0.2, 0.25) is 0 Å². The predicted octanol–water partition coefficient (Wildman–Crippen LogP) is 7.41. The van der Waals surface area contributed by atoms with Crippen LogP contribution in [0, 0.1) is 59.2 Å². The van der Waals surface area contributed by atoms with E-state index in [-0.39, 0.29) is 56.0 Å². The summed E-state index contributed by atoms with van der Waals surface area (Å²) in [6.45, 7) is 30.6. The van der Waals surface area contributed by atoms with Gasteiger partial charge in [-0.05, 0) is 85.8 Å². The van der Waals surface area contributed by atoms with Crippen molar-refractivity contribution in [1.29, 1.82) is 0 Å². The zero-order valence-electron chi connectivity index (χ0n) is 21.1. The van der Waals surface area contributed by atoms with E-state index >= 15 is 0 Å². The van der Waals surface area contributed by atoms with Crippen molar-refractivity contribution in [2.45, 2.75) is 69.2 Å². The fourth-order valence-electron chi connectivity index (χ4n) is 2.81. The van der Waals surface area contributed by atoms with E-state index in [4.69, 9.17) is 0 Å². The molecule has 0 heterocycles. The third-order valence-corrected chi connectivity index (χ3v) is 5.62. The zero-order chi connectivity index (χ0) is 21.2. The van der Waals surface area contributed by atoms with Gasteiger partial charge in [0, 0.05) is 56.0 Å². The molecule has 0 spiro atoms. The van der Waals surface area contributed by atoms with Crippen molar-refractivity contribution in [2.75, 3.05) is 26.7 Å². The molecule has 29 heavy (non-hydrogen) atoms. The van der Waals surface area contributed by atoms with Crippen LogP contribution < -0.4 is 0 Å².